The molecular weight excluding hydrogens is 303 g/mol. The van der Waals surface area contributed by atoms with E-state index >= 15 is 0 Å². The topological polar surface area (TPSA) is 9.23 Å². The van der Waals surface area contributed by atoms with Crippen molar-refractivity contribution in [3.8, 4) is 5.75 Å². The molecule has 0 spiro atoms. The Morgan fingerprint density at radius 1 is 0.947 bits per heavy atom. The molecule has 0 radical (unpaired) electrons. The first-order valence-electron chi connectivity index (χ1n) is 5.76. The van der Waals surface area contributed by atoms with E-state index in [4.69, 9.17) is 39.5 Å². The van der Waals surface area contributed by atoms with Crippen LogP contribution in [-0.4, -0.2) is 7.11 Å². The van der Waals surface area contributed by atoms with Gasteiger partial charge in [-0.25, -0.2) is 0 Å². The maximum absolute atomic E-state index is 6.56. The second-order valence-corrected chi connectivity index (χ2v) is 5.56. The third-order valence-electron chi connectivity index (χ3n) is 2.97. The lowest BCUT2D eigenvalue weighted by atomic mass is 9.99. The molecule has 0 amide bonds. The zero-order valence-corrected chi connectivity index (χ0v) is 12.9. The van der Waals surface area contributed by atoms with Gasteiger partial charge < -0.3 is 4.74 Å². The van der Waals surface area contributed by atoms with Gasteiger partial charge in [0.05, 0.1) is 12.5 Å². The summed E-state index contributed by atoms with van der Waals surface area (Å²) in [7, 11) is 1.62. The third-order valence-corrected chi connectivity index (χ3v) is 3.91. The highest BCUT2D eigenvalue weighted by Crippen LogP contribution is 2.38. The Kier molecular flexibility index (Phi) is 4.62. The van der Waals surface area contributed by atoms with Crippen molar-refractivity contribution >= 4 is 34.8 Å². The van der Waals surface area contributed by atoms with E-state index in [0.717, 1.165) is 22.4 Å². The van der Waals surface area contributed by atoms with Crippen LogP contribution in [0.15, 0.2) is 36.4 Å². The van der Waals surface area contributed by atoms with Crippen LogP contribution in [0.25, 0.3) is 0 Å². The summed E-state index contributed by atoms with van der Waals surface area (Å²) in [6.45, 7) is 1.98. The number of alkyl halides is 1. The highest BCUT2D eigenvalue weighted by molar-refractivity contribution is 6.31. The number of rotatable bonds is 3. The van der Waals surface area contributed by atoms with Crippen molar-refractivity contribution < 1.29 is 4.74 Å². The lowest BCUT2D eigenvalue weighted by Gasteiger charge is -2.17. The van der Waals surface area contributed by atoms with E-state index in [1.165, 1.54) is 0 Å². The van der Waals surface area contributed by atoms with Crippen LogP contribution < -0.4 is 4.74 Å². The quantitative estimate of drug-likeness (QED) is 0.666. The van der Waals surface area contributed by atoms with Gasteiger partial charge in [0.15, 0.2) is 0 Å². The molecule has 19 heavy (non-hydrogen) atoms. The van der Waals surface area contributed by atoms with Crippen molar-refractivity contribution in [3.63, 3.8) is 0 Å². The van der Waals surface area contributed by atoms with Crippen molar-refractivity contribution in [1.82, 2.24) is 0 Å². The molecule has 2 aromatic rings. The molecule has 0 saturated heterocycles. The van der Waals surface area contributed by atoms with E-state index in [9.17, 15) is 0 Å². The highest BCUT2D eigenvalue weighted by Gasteiger charge is 2.18. The molecule has 0 aromatic heterocycles. The molecular formula is C15H13Cl3O. The number of hydrogen-bond donors (Lipinski definition) is 0. The number of halogens is 3. The maximum atomic E-state index is 6.56. The maximum Gasteiger partial charge on any atom is 0.123 e. The molecule has 1 unspecified atom stereocenters. The summed E-state index contributed by atoms with van der Waals surface area (Å²) in [5.41, 5.74) is 2.88. The second-order valence-electron chi connectivity index (χ2n) is 4.25. The van der Waals surface area contributed by atoms with E-state index in [1.807, 2.05) is 37.3 Å². The van der Waals surface area contributed by atoms with Gasteiger partial charge in [-0.3, -0.25) is 0 Å². The molecule has 100 valence electrons. The minimum atomic E-state index is -0.328. The van der Waals surface area contributed by atoms with Crippen LogP contribution in [0.1, 0.15) is 22.1 Å². The van der Waals surface area contributed by atoms with Gasteiger partial charge in [0.2, 0.25) is 0 Å². The van der Waals surface area contributed by atoms with E-state index in [0.29, 0.717) is 10.0 Å². The number of hydrogen-bond acceptors (Lipinski definition) is 1. The van der Waals surface area contributed by atoms with Gasteiger partial charge in [-0.2, -0.15) is 0 Å². The SMILES string of the molecule is COc1ccc(Cl)cc1C(Cl)c1ccc(Cl)cc1C. The first-order valence-corrected chi connectivity index (χ1v) is 6.95. The lowest BCUT2D eigenvalue weighted by molar-refractivity contribution is 0.410. The summed E-state index contributed by atoms with van der Waals surface area (Å²) < 4.78 is 5.34. The van der Waals surface area contributed by atoms with Gasteiger partial charge in [0.25, 0.3) is 0 Å². The predicted molar refractivity (Wildman–Crippen MR) is 81.9 cm³/mol. The fraction of sp³-hybridized carbons (Fsp3) is 0.200. The monoisotopic (exact) mass is 314 g/mol. The third kappa shape index (κ3) is 3.17. The summed E-state index contributed by atoms with van der Waals surface area (Å²) in [4.78, 5) is 0. The Morgan fingerprint density at radius 2 is 1.58 bits per heavy atom. The van der Waals surface area contributed by atoms with E-state index in [2.05, 4.69) is 0 Å². The Hall–Kier alpha value is -0.890. The number of ether oxygens (including phenoxy) is 1. The zero-order chi connectivity index (χ0) is 14.0. The largest absolute Gasteiger partial charge is 0.496 e. The van der Waals surface area contributed by atoms with Crippen LogP contribution in [0.4, 0.5) is 0 Å². The molecule has 0 saturated carbocycles. The summed E-state index contributed by atoms with van der Waals surface area (Å²) in [6, 6.07) is 11.1. The van der Waals surface area contributed by atoms with Crippen molar-refractivity contribution in [3.05, 3.63) is 63.1 Å². The van der Waals surface area contributed by atoms with E-state index in [-0.39, 0.29) is 5.38 Å². The molecule has 4 heteroatoms. The molecule has 0 aliphatic carbocycles. The molecule has 0 aliphatic heterocycles. The molecule has 0 aliphatic rings. The molecule has 1 nitrogen and oxygen atoms in total. The van der Waals surface area contributed by atoms with Crippen molar-refractivity contribution in [2.75, 3.05) is 7.11 Å². The van der Waals surface area contributed by atoms with Crippen LogP contribution in [0, 0.1) is 6.92 Å². The fourth-order valence-electron chi connectivity index (χ4n) is 1.99. The Labute approximate surface area is 128 Å². The van der Waals surface area contributed by atoms with Gasteiger partial charge in [-0.05, 0) is 48.4 Å². The molecule has 0 bridgehead atoms. The molecule has 2 rings (SSSR count). The molecule has 0 fully saturated rings. The average molecular weight is 316 g/mol. The van der Waals surface area contributed by atoms with Gasteiger partial charge >= 0.3 is 0 Å². The summed E-state index contributed by atoms with van der Waals surface area (Å²) in [5, 5.41) is 1.00. The number of methoxy groups -OCH3 is 1. The zero-order valence-electron chi connectivity index (χ0n) is 10.6. The van der Waals surface area contributed by atoms with Crippen LogP contribution in [0.2, 0.25) is 10.0 Å². The van der Waals surface area contributed by atoms with Crippen LogP contribution in [-0.2, 0) is 0 Å². The minimum absolute atomic E-state index is 0.328. The highest BCUT2D eigenvalue weighted by atomic mass is 35.5. The molecule has 0 N–H and O–H groups in total. The second kappa shape index (κ2) is 6.04. The summed E-state index contributed by atoms with van der Waals surface area (Å²) in [5.74, 6) is 0.721. The van der Waals surface area contributed by atoms with Gasteiger partial charge in [0, 0.05) is 15.6 Å². The standard InChI is InChI=1S/C15H13Cl3O/c1-9-7-10(16)3-5-12(9)15(18)13-8-11(17)4-6-14(13)19-2/h3-8,15H,1-2H3. The van der Waals surface area contributed by atoms with Crippen LogP contribution in [0.3, 0.4) is 0 Å². The lowest BCUT2D eigenvalue weighted by Crippen LogP contribution is -1.99. The molecule has 2 aromatic carbocycles. The van der Waals surface area contributed by atoms with Crippen molar-refractivity contribution in [1.29, 1.82) is 0 Å². The van der Waals surface area contributed by atoms with E-state index in [1.54, 1.807) is 13.2 Å². The molecule has 1 atom stereocenters. The first kappa shape index (κ1) is 14.5. The first-order chi connectivity index (χ1) is 9.02. The molecule has 0 heterocycles. The van der Waals surface area contributed by atoms with Crippen molar-refractivity contribution in [2.24, 2.45) is 0 Å². The Balaban J connectivity index is 2.49. The number of aryl methyl sites for hydroxylation is 1. The average Bonchev–Trinajstić information content (AvgIpc) is 2.38. The smallest absolute Gasteiger partial charge is 0.123 e. The van der Waals surface area contributed by atoms with E-state index < -0.39 is 0 Å². The van der Waals surface area contributed by atoms with Crippen LogP contribution in [0.5, 0.6) is 5.75 Å². The Morgan fingerprint density at radius 3 is 2.21 bits per heavy atom. The van der Waals surface area contributed by atoms with Gasteiger partial charge in [-0.1, -0.05) is 29.3 Å². The number of benzene rings is 2. The van der Waals surface area contributed by atoms with Crippen LogP contribution >= 0.6 is 34.8 Å². The summed E-state index contributed by atoms with van der Waals surface area (Å²) in [6.07, 6.45) is 0. The van der Waals surface area contributed by atoms with Gasteiger partial charge in [-0.15, -0.1) is 11.6 Å². The summed E-state index contributed by atoms with van der Waals surface area (Å²) >= 11 is 18.6. The Bertz CT molecular complexity index is 596. The normalized spacial score (nSPS) is 12.3. The fourth-order valence-corrected chi connectivity index (χ4v) is 2.82. The minimum Gasteiger partial charge on any atom is -0.496 e. The van der Waals surface area contributed by atoms with Gasteiger partial charge in [0.1, 0.15) is 5.75 Å². The predicted octanol–water partition coefficient (Wildman–Crippen LogP) is 5.64. The van der Waals surface area contributed by atoms with Crippen molar-refractivity contribution in [2.45, 2.75) is 12.3 Å².